The van der Waals surface area contributed by atoms with E-state index < -0.39 is 59.3 Å². The molecular weight excluding hydrogens is 728 g/mol. The van der Waals surface area contributed by atoms with Crippen molar-refractivity contribution in [1.82, 2.24) is 31.1 Å². The van der Waals surface area contributed by atoms with Crippen molar-refractivity contribution in [2.45, 2.75) is 181 Å². The Hall–Kier alpha value is -3.09. The predicted octanol–water partition coefficient (Wildman–Crippen LogP) is 4.58. The molecule has 6 fully saturated rings. The first-order valence-electron chi connectivity index (χ1n) is 22.3. The van der Waals surface area contributed by atoms with E-state index in [1.807, 2.05) is 32.6 Å². The third-order valence-electron chi connectivity index (χ3n) is 15.2. The summed E-state index contributed by atoms with van der Waals surface area (Å²) in [6.45, 7) is 15.4. The molecule has 4 N–H and O–H groups in total. The first kappa shape index (κ1) is 43.5. The highest BCUT2D eigenvalue weighted by atomic mass is 19.1. The van der Waals surface area contributed by atoms with Gasteiger partial charge in [0.25, 0.3) is 5.91 Å². The van der Waals surface area contributed by atoms with Gasteiger partial charge in [-0.1, -0.05) is 73.6 Å². The van der Waals surface area contributed by atoms with Gasteiger partial charge < -0.3 is 26.2 Å². The molecule has 12 nitrogen and oxygen atoms in total. The summed E-state index contributed by atoms with van der Waals surface area (Å²) in [5, 5.41) is 11.9. The highest BCUT2D eigenvalue weighted by molar-refractivity contribution is 6.38. The zero-order chi connectivity index (χ0) is 41.5. The number of amides is 5. The number of likely N-dealkylation sites (tertiary alicyclic amines) is 2. The Labute approximate surface area is 339 Å². The molecule has 57 heavy (non-hydrogen) atoms. The van der Waals surface area contributed by atoms with E-state index in [-0.39, 0.29) is 52.5 Å². The van der Waals surface area contributed by atoms with Crippen LogP contribution in [0.25, 0.3) is 0 Å². The van der Waals surface area contributed by atoms with E-state index >= 15 is 4.79 Å². The molecule has 2 saturated heterocycles. The molecule has 2 heterocycles. The lowest BCUT2D eigenvalue weighted by Crippen LogP contribution is -2.62. The van der Waals surface area contributed by atoms with Gasteiger partial charge in [-0.3, -0.25) is 33.7 Å². The van der Waals surface area contributed by atoms with Crippen LogP contribution in [0.15, 0.2) is 0 Å². The lowest BCUT2D eigenvalue weighted by Gasteiger charge is -2.38. The molecule has 13 heteroatoms. The highest BCUT2D eigenvalue weighted by Crippen LogP contribution is 2.88. The van der Waals surface area contributed by atoms with Gasteiger partial charge in [0.05, 0.1) is 12.0 Å². The van der Waals surface area contributed by atoms with Gasteiger partial charge in [0, 0.05) is 31.1 Å². The van der Waals surface area contributed by atoms with E-state index in [1.165, 1.54) is 6.92 Å². The standard InChI is InChI=1S/C44H71FN6O6/c1-8-14-31(34(52)39(56)46-30-18-19-30)47-37(54)32-23-44(42(6,7)43(44)20-13-21-43)26-51(32)40(57)35(41(3,4)5)49-38(55)33(28-15-10-9-11-16-28)48-36(53)29-17-12-22-50(25-29)24-27(2)45/h27-33,35H,8-26H2,1-7H3,(H,46,56)(H,47,54)(H,48,53)(H,49,55)/t27?,29-,31?,32+,33+,35-,44-/m1/s1. The molecule has 6 rings (SSSR count). The summed E-state index contributed by atoms with van der Waals surface area (Å²) in [5.41, 5.74) is -1.14. The van der Waals surface area contributed by atoms with Crippen LogP contribution in [0.5, 0.6) is 0 Å². The van der Waals surface area contributed by atoms with Crippen molar-refractivity contribution < 1.29 is 33.2 Å². The van der Waals surface area contributed by atoms with Crippen molar-refractivity contribution in [2.24, 2.45) is 33.5 Å². The minimum Gasteiger partial charge on any atom is -0.347 e. The lowest BCUT2D eigenvalue weighted by molar-refractivity contribution is -0.145. The van der Waals surface area contributed by atoms with Crippen molar-refractivity contribution in [3.63, 3.8) is 0 Å². The maximum atomic E-state index is 15.1. The fourth-order valence-electron chi connectivity index (χ4n) is 11.5. The second-order valence-electron chi connectivity index (χ2n) is 20.4. The maximum Gasteiger partial charge on any atom is 0.289 e. The summed E-state index contributed by atoms with van der Waals surface area (Å²) in [5.74, 6) is -3.22. The van der Waals surface area contributed by atoms with E-state index in [1.54, 1.807) is 4.90 Å². The fourth-order valence-corrected chi connectivity index (χ4v) is 11.5. The molecule has 320 valence electrons. The number of piperidine rings is 1. The molecule has 6 aliphatic rings. The number of carbonyl (C=O) groups excluding carboxylic acids is 6. The lowest BCUT2D eigenvalue weighted by atomic mass is 9.73. The smallest absolute Gasteiger partial charge is 0.289 e. The summed E-state index contributed by atoms with van der Waals surface area (Å²) in [4.78, 5) is 87.9. The topological polar surface area (TPSA) is 157 Å². The number of alkyl halides is 1. The molecule has 4 aliphatic carbocycles. The van der Waals surface area contributed by atoms with E-state index in [9.17, 15) is 28.4 Å². The maximum absolute atomic E-state index is 15.1. The van der Waals surface area contributed by atoms with Crippen LogP contribution in [0.1, 0.15) is 145 Å². The zero-order valence-corrected chi connectivity index (χ0v) is 35.8. The molecule has 2 aliphatic heterocycles. The Kier molecular flexibility index (Phi) is 12.9. The quantitative estimate of drug-likeness (QED) is 0.177. The van der Waals surface area contributed by atoms with Crippen molar-refractivity contribution in [1.29, 1.82) is 0 Å². The molecule has 4 saturated carbocycles. The Morgan fingerprint density at radius 1 is 0.842 bits per heavy atom. The zero-order valence-electron chi connectivity index (χ0n) is 35.8. The van der Waals surface area contributed by atoms with Crippen LogP contribution in [0, 0.1) is 33.5 Å². The second kappa shape index (κ2) is 16.9. The molecule has 0 aromatic heterocycles. The number of hydrogen-bond donors (Lipinski definition) is 4. The highest BCUT2D eigenvalue weighted by Gasteiger charge is 2.85. The average molecular weight is 799 g/mol. The molecule has 0 radical (unpaired) electrons. The first-order valence-corrected chi connectivity index (χ1v) is 22.3. The number of nitrogens with zero attached hydrogens (tertiary/aromatic N) is 2. The number of ketones is 1. The molecule has 0 aromatic carbocycles. The Morgan fingerprint density at radius 3 is 2.09 bits per heavy atom. The van der Waals surface area contributed by atoms with Crippen molar-refractivity contribution in [3.8, 4) is 0 Å². The number of carbonyl (C=O) groups is 6. The minimum atomic E-state index is -1.01. The van der Waals surface area contributed by atoms with E-state index in [2.05, 4.69) is 35.1 Å². The number of fused-ring (bicyclic) bond motifs is 1. The van der Waals surface area contributed by atoms with Gasteiger partial charge in [-0.25, -0.2) is 4.39 Å². The van der Waals surface area contributed by atoms with Gasteiger partial charge in [0.15, 0.2) is 0 Å². The largest absolute Gasteiger partial charge is 0.347 e. The summed E-state index contributed by atoms with van der Waals surface area (Å²) in [6.07, 6.45) is 11.1. The van der Waals surface area contributed by atoms with Crippen molar-refractivity contribution >= 4 is 35.3 Å². The van der Waals surface area contributed by atoms with Gasteiger partial charge in [-0.05, 0) is 99.8 Å². The summed E-state index contributed by atoms with van der Waals surface area (Å²) in [6, 6.07) is -3.73. The van der Waals surface area contributed by atoms with E-state index in [4.69, 9.17) is 0 Å². The molecule has 0 aromatic rings. The van der Waals surface area contributed by atoms with E-state index in [0.29, 0.717) is 38.8 Å². The van der Waals surface area contributed by atoms with Crippen LogP contribution < -0.4 is 21.3 Å². The van der Waals surface area contributed by atoms with Crippen LogP contribution in [0.3, 0.4) is 0 Å². The Balaban J connectivity index is 1.24. The molecule has 5 amide bonds. The number of Topliss-reactive ketones (excluding diaryl/α,β-unsaturated/α-hetero) is 1. The summed E-state index contributed by atoms with van der Waals surface area (Å²) < 4.78 is 13.9. The average Bonchev–Trinajstić information content (AvgIpc) is 3.96. The number of hydrogen-bond acceptors (Lipinski definition) is 7. The molecular formula is C44H71FN6O6. The van der Waals surface area contributed by atoms with Crippen LogP contribution in [-0.4, -0.2) is 108 Å². The van der Waals surface area contributed by atoms with Gasteiger partial charge in [0.2, 0.25) is 29.4 Å². The van der Waals surface area contributed by atoms with Crippen molar-refractivity contribution in [3.05, 3.63) is 0 Å². The SMILES string of the molecule is CCCC(NC(=O)[C@@H]1C[C@@]2(CN1C(=O)[C@@H](NC(=O)[C@@H](NC(=O)[C@@H]1CCCN(CC(C)F)C1)C1CCCCC1)C(C)(C)C)C(C)(C)C21CCC1)C(=O)C(=O)NC1CC1. The van der Waals surface area contributed by atoms with Crippen molar-refractivity contribution in [2.75, 3.05) is 26.2 Å². The van der Waals surface area contributed by atoms with Gasteiger partial charge >= 0.3 is 0 Å². The van der Waals surface area contributed by atoms with Crippen LogP contribution in [-0.2, 0) is 28.8 Å². The Morgan fingerprint density at radius 2 is 1.53 bits per heavy atom. The first-order chi connectivity index (χ1) is 26.9. The van der Waals surface area contributed by atoms with E-state index in [0.717, 1.165) is 77.2 Å². The van der Waals surface area contributed by atoms with Crippen LogP contribution in [0.4, 0.5) is 4.39 Å². The third-order valence-corrected chi connectivity index (χ3v) is 15.2. The Bertz CT molecular complexity index is 1550. The van der Waals surface area contributed by atoms with Crippen LogP contribution >= 0.6 is 0 Å². The molecule has 0 bridgehead atoms. The van der Waals surface area contributed by atoms with Gasteiger partial charge in [-0.15, -0.1) is 0 Å². The monoisotopic (exact) mass is 799 g/mol. The molecule has 2 spiro atoms. The number of nitrogens with one attached hydrogen (secondary N) is 4. The normalized spacial score (nSPS) is 29.1. The summed E-state index contributed by atoms with van der Waals surface area (Å²) >= 11 is 0. The van der Waals surface area contributed by atoms with Gasteiger partial charge in [0.1, 0.15) is 24.3 Å². The number of rotatable bonds is 15. The summed E-state index contributed by atoms with van der Waals surface area (Å²) in [7, 11) is 0. The number of halogens is 1. The molecule has 2 unspecified atom stereocenters. The predicted molar refractivity (Wildman–Crippen MR) is 215 cm³/mol. The van der Waals surface area contributed by atoms with Crippen LogP contribution in [0.2, 0.25) is 0 Å². The van der Waals surface area contributed by atoms with Gasteiger partial charge in [-0.2, -0.15) is 0 Å². The second-order valence-corrected chi connectivity index (χ2v) is 20.4. The fraction of sp³-hybridized carbons (Fsp3) is 0.864. The molecule has 7 atom stereocenters. The third kappa shape index (κ3) is 8.65. The minimum absolute atomic E-state index is 0.00233.